The zero-order valence-corrected chi connectivity index (χ0v) is 27.7. The van der Waals surface area contributed by atoms with Crippen molar-refractivity contribution in [1.82, 2.24) is 20.4 Å². The highest BCUT2D eigenvalue weighted by Crippen LogP contribution is 2.43. The van der Waals surface area contributed by atoms with E-state index in [-0.39, 0.29) is 35.7 Å². The molecule has 0 bridgehead atoms. The molecule has 0 saturated heterocycles. The largest absolute Gasteiger partial charge is 0.390 e. The minimum Gasteiger partial charge on any atom is -0.390 e. The molecule has 248 valence electrons. The monoisotopic (exact) mass is 658 g/mol. The van der Waals surface area contributed by atoms with Crippen LogP contribution >= 0.6 is 0 Å². The molecule has 3 atom stereocenters. The molecule has 0 aromatic heterocycles. The van der Waals surface area contributed by atoms with Crippen LogP contribution in [0.15, 0.2) is 114 Å². The number of aliphatic hydroxyl groups is 1. The normalized spacial score (nSPS) is 18.1. The number of hydrogen-bond donors (Lipinski definition) is 4. The van der Waals surface area contributed by atoms with Crippen LogP contribution in [-0.4, -0.2) is 60.6 Å². The van der Waals surface area contributed by atoms with Gasteiger partial charge in [0.15, 0.2) is 0 Å². The standard InChI is InChI=1S/C36H42N4O6S/c1-24-32(35(42)38-30(21-26-13-7-4-8-14-26)31(41)22-37-29-19-20-29)34(28-17-11-6-12-18-28)33(25(2)40(24)47(3,44)45)36(43)39-46-23-27-15-9-5-10-16-27/h4-18,29-31,34,37,41H,19-23H2,1-3H3,(H,38,42)(H,39,43)/t30-,31+,34?/m0/s1. The summed E-state index contributed by atoms with van der Waals surface area (Å²) in [5.74, 6) is -2.19. The van der Waals surface area contributed by atoms with Gasteiger partial charge in [-0.3, -0.25) is 14.4 Å². The molecule has 10 nitrogen and oxygen atoms in total. The lowest BCUT2D eigenvalue weighted by molar-refractivity contribution is -0.131. The van der Waals surface area contributed by atoms with Gasteiger partial charge >= 0.3 is 0 Å². The van der Waals surface area contributed by atoms with Gasteiger partial charge in [0.25, 0.3) is 5.91 Å². The van der Waals surface area contributed by atoms with E-state index in [1.54, 1.807) is 38.1 Å². The fraction of sp³-hybridized carbons (Fsp3) is 0.333. The van der Waals surface area contributed by atoms with E-state index in [9.17, 15) is 23.1 Å². The molecule has 2 aliphatic rings. The summed E-state index contributed by atoms with van der Waals surface area (Å²) < 4.78 is 27.5. The predicted molar refractivity (Wildman–Crippen MR) is 180 cm³/mol. The number of benzene rings is 3. The van der Waals surface area contributed by atoms with Crippen LogP contribution in [0.25, 0.3) is 0 Å². The van der Waals surface area contributed by atoms with Gasteiger partial charge in [-0.1, -0.05) is 91.0 Å². The third-order valence-electron chi connectivity index (χ3n) is 8.44. The quantitative estimate of drug-likeness (QED) is 0.194. The summed E-state index contributed by atoms with van der Waals surface area (Å²) in [7, 11) is -3.97. The van der Waals surface area contributed by atoms with Crippen LogP contribution in [0.1, 0.15) is 49.3 Å². The van der Waals surface area contributed by atoms with Crippen molar-refractivity contribution in [2.24, 2.45) is 0 Å². The molecule has 0 radical (unpaired) electrons. The average molecular weight is 659 g/mol. The van der Waals surface area contributed by atoms with Crippen molar-refractivity contribution >= 4 is 21.8 Å². The number of aliphatic hydroxyl groups excluding tert-OH is 1. The van der Waals surface area contributed by atoms with Crippen molar-refractivity contribution in [2.75, 3.05) is 12.8 Å². The minimum atomic E-state index is -3.97. The molecule has 1 aliphatic carbocycles. The topological polar surface area (TPSA) is 137 Å². The van der Waals surface area contributed by atoms with Gasteiger partial charge < -0.3 is 15.7 Å². The molecular weight excluding hydrogens is 616 g/mol. The Bertz CT molecular complexity index is 1720. The second-order valence-electron chi connectivity index (χ2n) is 12.1. The fourth-order valence-corrected chi connectivity index (χ4v) is 7.22. The molecule has 47 heavy (non-hydrogen) atoms. The van der Waals surface area contributed by atoms with E-state index in [1.165, 1.54) is 0 Å². The average Bonchev–Trinajstić information content (AvgIpc) is 3.88. The van der Waals surface area contributed by atoms with Gasteiger partial charge in [-0.2, -0.15) is 0 Å². The highest BCUT2D eigenvalue weighted by atomic mass is 32.2. The Kier molecular flexibility index (Phi) is 10.9. The molecule has 1 fully saturated rings. The Morgan fingerprint density at radius 3 is 1.94 bits per heavy atom. The van der Waals surface area contributed by atoms with Crippen molar-refractivity contribution in [3.63, 3.8) is 0 Å². The first-order chi connectivity index (χ1) is 22.5. The number of hydrogen-bond acceptors (Lipinski definition) is 7. The van der Waals surface area contributed by atoms with Gasteiger partial charge in [-0.25, -0.2) is 18.2 Å². The van der Waals surface area contributed by atoms with Crippen molar-refractivity contribution in [2.45, 2.75) is 63.8 Å². The number of hydroxylamine groups is 1. The van der Waals surface area contributed by atoms with E-state index in [2.05, 4.69) is 16.1 Å². The molecule has 5 rings (SSSR count). The van der Waals surface area contributed by atoms with Crippen molar-refractivity contribution in [3.05, 3.63) is 130 Å². The summed E-state index contributed by atoms with van der Waals surface area (Å²) in [4.78, 5) is 34.0. The van der Waals surface area contributed by atoms with E-state index < -0.39 is 39.9 Å². The molecule has 1 saturated carbocycles. The number of nitrogens with one attached hydrogen (secondary N) is 3. The van der Waals surface area contributed by atoms with E-state index in [0.717, 1.165) is 34.5 Å². The lowest BCUT2D eigenvalue weighted by Crippen LogP contribution is -2.51. The molecule has 11 heteroatoms. The number of amides is 2. The summed E-state index contributed by atoms with van der Waals surface area (Å²) in [6.07, 6.45) is 2.52. The van der Waals surface area contributed by atoms with Crippen LogP contribution < -0.4 is 16.1 Å². The molecule has 4 N–H and O–H groups in total. The van der Waals surface area contributed by atoms with Gasteiger partial charge in [0.05, 0.1) is 30.6 Å². The van der Waals surface area contributed by atoms with Crippen LogP contribution in [-0.2, 0) is 37.5 Å². The number of rotatable bonds is 14. The molecule has 3 aromatic carbocycles. The minimum absolute atomic E-state index is 0.0565. The molecule has 2 amide bonds. The molecule has 3 aromatic rings. The lowest BCUT2D eigenvalue weighted by atomic mass is 9.79. The first-order valence-electron chi connectivity index (χ1n) is 15.7. The SMILES string of the molecule is CC1=C(C(=O)NOCc2ccccc2)C(c2ccccc2)C(C(=O)N[C@@H](Cc2ccccc2)[C@H](O)CNC2CC2)=C(C)N1S(C)(=O)=O. The maximum atomic E-state index is 14.5. The summed E-state index contributed by atoms with van der Waals surface area (Å²) in [6, 6.07) is 27.5. The summed E-state index contributed by atoms with van der Waals surface area (Å²) in [5, 5.41) is 17.7. The zero-order valence-electron chi connectivity index (χ0n) is 26.8. The van der Waals surface area contributed by atoms with Crippen LogP contribution in [0.2, 0.25) is 0 Å². The molecule has 1 heterocycles. The first kappa shape index (κ1) is 34.1. The number of sulfonamides is 1. The number of nitrogens with zero attached hydrogens (tertiary/aromatic N) is 1. The van der Waals surface area contributed by atoms with Crippen LogP contribution in [0, 0.1) is 0 Å². The second kappa shape index (κ2) is 15.1. The molecular formula is C36H42N4O6S. The maximum absolute atomic E-state index is 14.5. The maximum Gasteiger partial charge on any atom is 0.273 e. The fourth-order valence-electron chi connectivity index (χ4n) is 6.03. The molecule has 1 unspecified atom stereocenters. The Balaban J connectivity index is 1.52. The van der Waals surface area contributed by atoms with Gasteiger partial charge in [0.1, 0.15) is 0 Å². The zero-order chi connectivity index (χ0) is 33.6. The van der Waals surface area contributed by atoms with Crippen molar-refractivity contribution in [1.29, 1.82) is 0 Å². The van der Waals surface area contributed by atoms with Gasteiger partial charge in [0.2, 0.25) is 15.9 Å². The Morgan fingerprint density at radius 2 is 1.38 bits per heavy atom. The summed E-state index contributed by atoms with van der Waals surface area (Å²) >= 11 is 0. The predicted octanol–water partition coefficient (Wildman–Crippen LogP) is 3.68. The van der Waals surface area contributed by atoms with E-state index in [4.69, 9.17) is 4.84 Å². The molecule has 0 spiro atoms. The van der Waals surface area contributed by atoms with Crippen LogP contribution in [0.3, 0.4) is 0 Å². The highest BCUT2D eigenvalue weighted by Gasteiger charge is 2.42. The van der Waals surface area contributed by atoms with Gasteiger partial charge in [-0.05, 0) is 49.8 Å². The lowest BCUT2D eigenvalue weighted by Gasteiger charge is -2.37. The number of allylic oxidation sites excluding steroid dienone is 2. The summed E-state index contributed by atoms with van der Waals surface area (Å²) in [5.41, 5.74) is 5.31. The van der Waals surface area contributed by atoms with Crippen molar-refractivity contribution in [3.8, 4) is 0 Å². The van der Waals surface area contributed by atoms with Gasteiger partial charge in [0, 0.05) is 35.5 Å². The first-order valence-corrected chi connectivity index (χ1v) is 17.6. The van der Waals surface area contributed by atoms with E-state index in [1.807, 2.05) is 66.7 Å². The second-order valence-corrected chi connectivity index (χ2v) is 13.9. The Labute approximate surface area is 276 Å². The van der Waals surface area contributed by atoms with Gasteiger partial charge in [-0.15, -0.1) is 0 Å². The summed E-state index contributed by atoms with van der Waals surface area (Å²) in [6.45, 7) is 3.48. The Hall–Kier alpha value is -4.29. The highest BCUT2D eigenvalue weighted by molar-refractivity contribution is 7.88. The number of carbonyl (C=O) groups excluding carboxylic acids is 2. The number of carbonyl (C=O) groups is 2. The third kappa shape index (κ3) is 8.55. The third-order valence-corrected chi connectivity index (χ3v) is 9.65. The smallest absolute Gasteiger partial charge is 0.273 e. The Morgan fingerprint density at radius 1 is 0.851 bits per heavy atom. The van der Waals surface area contributed by atoms with E-state index >= 15 is 0 Å². The van der Waals surface area contributed by atoms with Crippen LogP contribution in [0.5, 0.6) is 0 Å². The van der Waals surface area contributed by atoms with Crippen molar-refractivity contribution < 1.29 is 28.0 Å². The van der Waals surface area contributed by atoms with E-state index in [0.29, 0.717) is 18.0 Å². The van der Waals surface area contributed by atoms with Crippen LogP contribution in [0.4, 0.5) is 0 Å². The molecule has 1 aliphatic heterocycles.